The van der Waals surface area contributed by atoms with Gasteiger partial charge >= 0.3 is 5.97 Å². The summed E-state index contributed by atoms with van der Waals surface area (Å²) in [7, 11) is 1.31. The van der Waals surface area contributed by atoms with E-state index in [1.165, 1.54) is 7.11 Å². The Balaban J connectivity index is 3.12. The molecule has 0 aliphatic carbocycles. The van der Waals surface area contributed by atoms with Crippen LogP contribution in [0.4, 0.5) is 0 Å². The van der Waals surface area contributed by atoms with Gasteiger partial charge in [-0.05, 0) is 20.8 Å². The summed E-state index contributed by atoms with van der Waals surface area (Å²) in [6, 6.07) is 0. The zero-order valence-corrected chi connectivity index (χ0v) is 8.84. The van der Waals surface area contributed by atoms with Crippen molar-refractivity contribution in [3.8, 4) is 0 Å². The fraction of sp³-hybridized carbons (Fsp3) is 0.556. The first kappa shape index (κ1) is 10.7. The third-order valence-corrected chi connectivity index (χ3v) is 1.87. The lowest BCUT2D eigenvalue weighted by Crippen LogP contribution is -2.30. The van der Waals surface area contributed by atoms with E-state index in [1.807, 2.05) is 20.8 Å². The molecule has 0 saturated heterocycles. The lowest BCUT2D eigenvalue weighted by Gasteiger charge is -2.16. The maximum atomic E-state index is 11.1. The van der Waals surface area contributed by atoms with E-state index in [2.05, 4.69) is 14.7 Å². The highest BCUT2D eigenvalue weighted by molar-refractivity contribution is 5.85. The van der Waals surface area contributed by atoms with E-state index in [-0.39, 0.29) is 5.82 Å². The van der Waals surface area contributed by atoms with E-state index in [0.717, 1.165) is 5.69 Å². The van der Waals surface area contributed by atoms with Crippen LogP contribution >= 0.6 is 0 Å². The van der Waals surface area contributed by atoms with Crippen molar-refractivity contribution in [1.82, 2.24) is 9.97 Å². The molecule has 1 rings (SSSR count). The first-order valence-corrected chi connectivity index (χ1v) is 4.30. The Bertz CT molecular complexity index is 349. The molecule has 0 amide bonds. The number of hydrogen-bond donors (Lipinski definition) is 2. The number of rotatable bonds is 2. The molecule has 78 valence electrons. The minimum Gasteiger partial charge on any atom is -0.463 e. The van der Waals surface area contributed by atoms with Crippen LogP contribution in [0.5, 0.6) is 0 Å². The zero-order valence-electron chi connectivity index (χ0n) is 8.84. The first-order chi connectivity index (χ1) is 6.36. The summed E-state index contributed by atoms with van der Waals surface area (Å²) in [4.78, 5) is 18.1. The Morgan fingerprint density at radius 1 is 1.57 bits per heavy atom. The first-order valence-electron chi connectivity index (χ1n) is 4.30. The Morgan fingerprint density at radius 2 is 2.14 bits per heavy atom. The monoisotopic (exact) mass is 197 g/mol. The second-order valence-electron chi connectivity index (χ2n) is 3.77. The van der Waals surface area contributed by atoms with Crippen molar-refractivity contribution in [1.29, 1.82) is 0 Å². The van der Waals surface area contributed by atoms with Crippen LogP contribution in [0.3, 0.4) is 0 Å². The topological polar surface area (TPSA) is 81.0 Å². The van der Waals surface area contributed by atoms with Gasteiger partial charge in [-0.1, -0.05) is 0 Å². The molecule has 0 atom stereocenters. The number of nitrogens with two attached hydrogens (primary N) is 1. The van der Waals surface area contributed by atoms with E-state index >= 15 is 0 Å². The van der Waals surface area contributed by atoms with Crippen molar-refractivity contribution >= 4 is 5.97 Å². The fourth-order valence-electron chi connectivity index (χ4n) is 1.28. The standard InChI is InChI=1S/C9H15N3O2/c1-5-6(9(2,3)10)12-7(11-5)8(13)14-4/h10H2,1-4H3,(H,11,12). The highest BCUT2D eigenvalue weighted by Crippen LogP contribution is 2.18. The van der Waals surface area contributed by atoms with Crippen LogP contribution in [0.1, 0.15) is 35.9 Å². The number of carbonyl (C=O) groups excluding carboxylic acids is 1. The summed E-state index contributed by atoms with van der Waals surface area (Å²) in [5.74, 6) is -0.290. The summed E-state index contributed by atoms with van der Waals surface area (Å²) < 4.78 is 4.54. The predicted octanol–water partition coefficient (Wildman–Crippen LogP) is 0.699. The molecule has 5 nitrogen and oxygen atoms in total. The number of imidazole rings is 1. The fourth-order valence-corrected chi connectivity index (χ4v) is 1.28. The summed E-state index contributed by atoms with van der Waals surface area (Å²) in [5, 5.41) is 0. The minimum atomic E-state index is -0.563. The molecule has 0 unspecified atom stereocenters. The highest BCUT2D eigenvalue weighted by atomic mass is 16.5. The van der Waals surface area contributed by atoms with E-state index in [0.29, 0.717) is 5.69 Å². The Morgan fingerprint density at radius 3 is 2.50 bits per heavy atom. The van der Waals surface area contributed by atoms with E-state index < -0.39 is 11.5 Å². The molecule has 0 radical (unpaired) electrons. The predicted molar refractivity (Wildman–Crippen MR) is 51.9 cm³/mol. The van der Waals surface area contributed by atoms with Gasteiger partial charge in [0.1, 0.15) is 0 Å². The number of aromatic amines is 1. The van der Waals surface area contributed by atoms with Gasteiger partial charge in [0.2, 0.25) is 5.82 Å². The normalized spacial score (nSPS) is 11.5. The minimum absolute atomic E-state index is 0.193. The molecule has 3 N–H and O–H groups in total. The Kier molecular flexibility index (Phi) is 2.62. The second-order valence-corrected chi connectivity index (χ2v) is 3.77. The SMILES string of the molecule is COC(=O)c1nc(C(C)(C)N)c(C)[nH]1. The lowest BCUT2D eigenvalue weighted by molar-refractivity contribution is 0.0587. The van der Waals surface area contributed by atoms with Gasteiger partial charge in [-0.3, -0.25) is 0 Å². The average Bonchev–Trinajstić information content (AvgIpc) is 2.45. The van der Waals surface area contributed by atoms with Crippen molar-refractivity contribution in [3.05, 3.63) is 17.2 Å². The van der Waals surface area contributed by atoms with Gasteiger partial charge in [-0.2, -0.15) is 0 Å². The number of aryl methyl sites for hydroxylation is 1. The molecule has 1 aromatic heterocycles. The van der Waals surface area contributed by atoms with Crippen LogP contribution in [0.15, 0.2) is 0 Å². The summed E-state index contributed by atoms with van der Waals surface area (Å²) in [5.41, 5.74) is 6.78. The van der Waals surface area contributed by atoms with Crippen LogP contribution in [-0.4, -0.2) is 23.0 Å². The molecular formula is C9H15N3O2. The van der Waals surface area contributed by atoms with Crippen molar-refractivity contribution in [2.45, 2.75) is 26.3 Å². The van der Waals surface area contributed by atoms with Crippen LogP contribution in [0.2, 0.25) is 0 Å². The molecule has 0 saturated carbocycles. The molecular weight excluding hydrogens is 182 g/mol. The van der Waals surface area contributed by atoms with Crippen LogP contribution in [0, 0.1) is 6.92 Å². The van der Waals surface area contributed by atoms with Gasteiger partial charge < -0.3 is 15.5 Å². The van der Waals surface area contributed by atoms with Gasteiger partial charge in [0, 0.05) is 5.69 Å². The summed E-state index contributed by atoms with van der Waals surface area (Å²) in [6.45, 7) is 5.48. The van der Waals surface area contributed by atoms with Gasteiger partial charge in [0.25, 0.3) is 0 Å². The summed E-state index contributed by atoms with van der Waals surface area (Å²) in [6.07, 6.45) is 0. The molecule has 0 bridgehead atoms. The average molecular weight is 197 g/mol. The molecule has 14 heavy (non-hydrogen) atoms. The highest BCUT2D eigenvalue weighted by Gasteiger charge is 2.23. The molecule has 0 aromatic carbocycles. The van der Waals surface area contributed by atoms with Crippen LogP contribution in [-0.2, 0) is 10.3 Å². The number of methoxy groups -OCH3 is 1. The molecule has 0 aliphatic heterocycles. The van der Waals surface area contributed by atoms with Crippen molar-refractivity contribution in [2.24, 2.45) is 5.73 Å². The smallest absolute Gasteiger partial charge is 0.374 e. The van der Waals surface area contributed by atoms with Crippen molar-refractivity contribution in [2.75, 3.05) is 7.11 Å². The summed E-state index contributed by atoms with van der Waals surface area (Å²) >= 11 is 0. The third-order valence-electron chi connectivity index (χ3n) is 1.87. The number of nitrogens with one attached hydrogen (secondary N) is 1. The molecule has 0 spiro atoms. The van der Waals surface area contributed by atoms with Crippen LogP contribution in [0.25, 0.3) is 0 Å². The quantitative estimate of drug-likeness (QED) is 0.684. The van der Waals surface area contributed by atoms with Crippen molar-refractivity contribution < 1.29 is 9.53 Å². The number of aromatic nitrogens is 2. The largest absolute Gasteiger partial charge is 0.463 e. The number of hydrogen-bond acceptors (Lipinski definition) is 4. The Labute approximate surface area is 82.7 Å². The van der Waals surface area contributed by atoms with Gasteiger partial charge in [-0.25, -0.2) is 9.78 Å². The van der Waals surface area contributed by atoms with E-state index in [1.54, 1.807) is 0 Å². The number of esters is 1. The maximum absolute atomic E-state index is 11.1. The van der Waals surface area contributed by atoms with Gasteiger partial charge in [0.15, 0.2) is 0 Å². The number of nitrogens with zero attached hydrogens (tertiary/aromatic N) is 1. The molecule has 1 heterocycles. The third kappa shape index (κ3) is 1.93. The van der Waals surface area contributed by atoms with Gasteiger partial charge in [0.05, 0.1) is 18.3 Å². The Hall–Kier alpha value is -1.36. The number of carbonyl (C=O) groups is 1. The van der Waals surface area contributed by atoms with E-state index in [9.17, 15) is 4.79 Å². The molecule has 5 heteroatoms. The van der Waals surface area contributed by atoms with Crippen molar-refractivity contribution in [3.63, 3.8) is 0 Å². The zero-order chi connectivity index (χ0) is 10.9. The molecule has 0 fully saturated rings. The van der Waals surface area contributed by atoms with Gasteiger partial charge in [-0.15, -0.1) is 0 Å². The maximum Gasteiger partial charge on any atom is 0.374 e. The second kappa shape index (κ2) is 3.42. The van der Waals surface area contributed by atoms with Crippen LogP contribution < -0.4 is 5.73 Å². The molecule has 1 aromatic rings. The van der Waals surface area contributed by atoms with E-state index in [4.69, 9.17) is 5.73 Å². The number of H-pyrrole nitrogens is 1. The lowest BCUT2D eigenvalue weighted by atomic mass is 10.0. The molecule has 0 aliphatic rings. The number of ether oxygens (including phenoxy) is 1.